The molecule has 0 saturated heterocycles. The molecule has 0 amide bonds. The van der Waals surface area contributed by atoms with Gasteiger partial charge in [0.2, 0.25) is 5.82 Å². The van der Waals surface area contributed by atoms with Crippen LogP contribution in [0.4, 0.5) is 0 Å². The van der Waals surface area contributed by atoms with Gasteiger partial charge in [0, 0.05) is 6.42 Å². The molecule has 0 bridgehead atoms. The van der Waals surface area contributed by atoms with Crippen LogP contribution in [-0.2, 0) is 11.3 Å². The van der Waals surface area contributed by atoms with E-state index in [0.717, 1.165) is 6.29 Å². The Bertz CT molecular complexity index is 407. The van der Waals surface area contributed by atoms with Gasteiger partial charge in [-0.3, -0.25) is 0 Å². The monoisotopic (exact) mass is 192 g/mol. The van der Waals surface area contributed by atoms with Crippen molar-refractivity contribution < 1.29 is 9.21 Å². The molecule has 0 aliphatic rings. The third kappa shape index (κ3) is 1.68. The van der Waals surface area contributed by atoms with Crippen molar-refractivity contribution in [3.8, 4) is 11.6 Å². The number of aryl methyl sites for hydroxylation is 1. The number of furan rings is 1. The van der Waals surface area contributed by atoms with Crippen molar-refractivity contribution in [2.24, 2.45) is 0 Å². The molecule has 2 rings (SSSR count). The quantitative estimate of drug-likeness (QED) is 0.660. The fourth-order valence-electron chi connectivity index (χ4n) is 1.01. The molecule has 0 aliphatic carbocycles. The summed E-state index contributed by atoms with van der Waals surface area (Å²) in [5.41, 5.74) is 0. The Hall–Kier alpha value is -1.98. The predicted molar refractivity (Wildman–Crippen MR) is 46.2 cm³/mol. The molecular formula is C8H8N4O2. The maximum Gasteiger partial charge on any atom is 0.240 e. The molecule has 72 valence electrons. The minimum Gasteiger partial charge on any atom is -0.461 e. The summed E-state index contributed by atoms with van der Waals surface area (Å²) in [4.78, 5) is 11.5. The fourth-order valence-corrected chi connectivity index (χ4v) is 1.01. The van der Waals surface area contributed by atoms with E-state index in [0.29, 0.717) is 24.6 Å². The van der Waals surface area contributed by atoms with Gasteiger partial charge in [0.15, 0.2) is 5.76 Å². The number of hydrogen-bond donors (Lipinski definition) is 0. The molecule has 0 fully saturated rings. The lowest BCUT2D eigenvalue weighted by Crippen LogP contribution is -2.02. The van der Waals surface area contributed by atoms with Crippen molar-refractivity contribution in [2.45, 2.75) is 13.0 Å². The third-order valence-corrected chi connectivity index (χ3v) is 1.64. The summed E-state index contributed by atoms with van der Waals surface area (Å²) in [6, 6.07) is 3.50. The first-order valence-electron chi connectivity index (χ1n) is 4.15. The first kappa shape index (κ1) is 8.61. The Labute approximate surface area is 79.5 Å². The number of aromatic nitrogens is 4. The van der Waals surface area contributed by atoms with Crippen molar-refractivity contribution in [3.05, 3.63) is 18.4 Å². The molecular weight excluding hydrogens is 184 g/mol. The van der Waals surface area contributed by atoms with Gasteiger partial charge in [-0.25, -0.2) is 0 Å². The normalized spacial score (nSPS) is 10.3. The maximum atomic E-state index is 10.1. The SMILES string of the molecule is O=CCCn1nnc(-c2ccco2)n1. The van der Waals surface area contributed by atoms with Crippen molar-refractivity contribution in [1.29, 1.82) is 0 Å². The average molecular weight is 192 g/mol. The van der Waals surface area contributed by atoms with Gasteiger partial charge in [-0.15, -0.1) is 10.2 Å². The first-order valence-corrected chi connectivity index (χ1v) is 4.15. The fraction of sp³-hybridized carbons (Fsp3) is 0.250. The number of nitrogens with zero attached hydrogens (tertiary/aromatic N) is 4. The van der Waals surface area contributed by atoms with Crippen LogP contribution in [0.25, 0.3) is 11.6 Å². The zero-order valence-corrected chi connectivity index (χ0v) is 7.33. The molecule has 0 aromatic carbocycles. The number of hydrogen-bond acceptors (Lipinski definition) is 5. The highest BCUT2D eigenvalue weighted by molar-refractivity contribution is 5.49. The van der Waals surface area contributed by atoms with Crippen LogP contribution < -0.4 is 0 Å². The molecule has 6 nitrogen and oxygen atoms in total. The van der Waals surface area contributed by atoms with Gasteiger partial charge in [-0.05, 0) is 17.3 Å². The number of carbonyl (C=O) groups excluding carboxylic acids is 1. The van der Waals surface area contributed by atoms with Gasteiger partial charge in [0.25, 0.3) is 0 Å². The molecule has 0 spiro atoms. The second kappa shape index (κ2) is 3.82. The summed E-state index contributed by atoms with van der Waals surface area (Å²) < 4.78 is 5.09. The minimum atomic E-state index is 0.383. The van der Waals surface area contributed by atoms with E-state index in [1.165, 1.54) is 4.80 Å². The molecule has 2 aromatic rings. The Morgan fingerprint density at radius 1 is 1.57 bits per heavy atom. The van der Waals surface area contributed by atoms with Crippen molar-refractivity contribution in [1.82, 2.24) is 20.2 Å². The Balaban J connectivity index is 2.14. The lowest BCUT2D eigenvalue weighted by molar-refractivity contribution is -0.108. The molecule has 0 N–H and O–H groups in total. The Morgan fingerprint density at radius 2 is 2.50 bits per heavy atom. The summed E-state index contributed by atoms with van der Waals surface area (Å²) in [6.07, 6.45) is 2.74. The van der Waals surface area contributed by atoms with Crippen LogP contribution in [0, 0.1) is 0 Å². The maximum absolute atomic E-state index is 10.1. The second-order valence-electron chi connectivity index (χ2n) is 2.64. The van der Waals surface area contributed by atoms with Gasteiger partial charge < -0.3 is 9.21 Å². The van der Waals surface area contributed by atoms with Crippen molar-refractivity contribution in [2.75, 3.05) is 0 Å². The molecule has 2 heterocycles. The van der Waals surface area contributed by atoms with E-state index < -0.39 is 0 Å². The Morgan fingerprint density at radius 3 is 3.21 bits per heavy atom. The molecule has 0 atom stereocenters. The highest BCUT2D eigenvalue weighted by Crippen LogP contribution is 2.12. The van der Waals surface area contributed by atoms with E-state index in [4.69, 9.17) is 4.42 Å². The van der Waals surface area contributed by atoms with Crippen LogP contribution in [-0.4, -0.2) is 26.5 Å². The molecule has 0 aliphatic heterocycles. The van der Waals surface area contributed by atoms with Crippen molar-refractivity contribution in [3.63, 3.8) is 0 Å². The lowest BCUT2D eigenvalue weighted by atomic mass is 10.4. The summed E-state index contributed by atoms with van der Waals surface area (Å²) in [5, 5.41) is 11.6. The molecule has 0 unspecified atom stereocenters. The number of carbonyl (C=O) groups is 1. The van der Waals surface area contributed by atoms with E-state index in [-0.39, 0.29) is 0 Å². The zero-order valence-electron chi connectivity index (χ0n) is 7.33. The van der Waals surface area contributed by atoms with Crippen LogP contribution in [0.15, 0.2) is 22.8 Å². The van der Waals surface area contributed by atoms with E-state index in [1.54, 1.807) is 18.4 Å². The molecule has 0 radical (unpaired) electrons. The van der Waals surface area contributed by atoms with Gasteiger partial charge in [-0.1, -0.05) is 0 Å². The Kier molecular flexibility index (Phi) is 2.35. The van der Waals surface area contributed by atoms with Crippen LogP contribution in [0.1, 0.15) is 6.42 Å². The minimum absolute atomic E-state index is 0.383. The molecule has 2 aromatic heterocycles. The predicted octanol–water partition coefficient (Wildman–Crippen LogP) is 0.522. The van der Waals surface area contributed by atoms with Gasteiger partial charge in [0.05, 0.1) is 12.8 Å². The summed E-state index contributed by atoms with van der Waals surface area (Å²) in [5.74, 6) is 1.00. The second-order valence-corrected chi connectivity index (χ2v) is 2.64. The summed E-state index contributed by atoms with van der Waals surface area (Å²) in [6.45, 7) is 0.442. The van der Waals surface area contributed by atoms with E-state index in [1.807, 2.05) is 0 Å². The van der Waals surface area contributed by atoms with Crippen LogP contribution >= 0.6 is 0 Å². The molecule has 0 saturated carbocycles. The number of rotatable bonds is 4. The average Bonchev–Trinajstić information content (AvgIpc) is 2.85. The smallest absolute Gasteiger partial charge is 0.240 e. The summed E-state index contributed by atoms with van der Waals surface area (Å²) >= 11 is 0. The lowest BCUT2D eigenvalue weighted by Gasteiger charge is -1.89. The standard InChI is InChI=1S/C8H8N4O2/c13-5-2-4-12-10-8(9-11-12)7-3-1-6-14-7/h1,3,5-6H,2,4H2. The van der Waals surface area contributed by atoms with Gasteiger partial charge in [-0.2, -0.15) is 4.80 Å². The summed E-state index contributed by atoms with van der Waals surface area (Å²) in [7, 11) is 0. The number of tetrazole rings is 1. The van der Waals surface area contributed by atoms with Crippen LogP contribution in [0.2, 0.25) is 0 Å². The van der Waals surface area contributed by atoms with E-state index in [9.17, 15) is 4.79 Å². The first-order chi connectivity index (χ1) is 6.90. The topological polar surface area (TPSA) is 73.8 Å². The van der Waals surface area contributed by atoms with E-state index in [2.05, 4.69) is 15.4 Å². The number of aldehydes is 1. The van der Waals surface area contributed by atoms with Crippen molar-refractivity contribution >= 4 is 6.29 Å². The highest BCUT2D eigenvalue weighted by atomic mass is 16.3. The van der Waals surface area contributed by atoms with E-state index >= 15 is 0 Å². The zero-order chi connectivity index (χ0) is 9.80. The molecule has 14 heavy (non-hydrogen) atoms. The van der Waals surface area contributed by atoms with Gasteiger partial charge in [0.1, 0.15) is 6.29 Å². The molecule has 6 heteroatoms. The largest absolute Gasteiger partial charge is 0.461 e. The highest BCUT2D eigenvalue weighted by Gasteiger charge is 2.07. The van der Waals surface area contributed by atoms with Crippen LogP contribution in [0.5, 0.6) is 0 Å². The van der Waals surface area contributed by atoms with Gasteiger partial charge >= 0.3 is 0 Å². The third-order valence-electron chi connectivity index (χ3n) is 1.64. The van der Waals surface area contributed by atoms with Crippen LogP contribution in [0.3, 0.4) is 0 Å².